The lowest BCUT2D eigenvalue weighted by Crippen LogP contribution is -2.44. The van der Waals surface area contributed by atoms with Gasteiger partial charge in [0.05, 0.1) is 23.7 Å². The van der Waals surface area contributed by atoms with Crippen LogP contribution in [0.25, 0.3) is 11.0 Å². The van der Waals surface area contributed by atoms with Crippen molar-refractivity contribution in [2.24, 2.45) is 5.92 Å². The van der Waals surface area contributed by atoms with E-state index in [1.54, 1.807) is 0 Å². The van der Waals surface area contributed by atoms with Crippen LogP contribution in [0.5, 0.6) is 0 Å². The van der Waals surface area contributed by atoms with Crippen LogP contribution >= 0.6 is 0 Å². The molecule has 1 saturated carbocycles. The average molecular weight is 379 g/mol. The number of fused-ring (bicyclic) bond motifs is 1. The zero-order valence-electron chi connectivity index (χ0n) is 15.9. The molecule has 2 heterocycles. The Morgan fingerprint density at radius 3 is 2.57 bits per heavy atom. The number of hydrogen-bond acceptors (Lipinski definition) is 7. The molecule has 1 saturated heterocycles. The summed E-state index contributed by atoms with van der Waals surface area (Å²) < 4.78 is 5.53. The Balaban J connectivity index is 1.65. The molecule has 0 bridgehead atoms. The van der Waals surface area contributed by atoms with Crippen LogP contribution in [0, 0.1) is 17.2 Å². The van der Waals surface area contributed by atoms with Crippen LogP contribution in [0.2, 0.25) is 0 Å². The summed E-state index contributed by atoms with van der Waals surface area (Å²) in [5, 5.41) is 13.1. The Labute approximate surface area is 164 Å². The predicted octanol–water partition coefficient (Wildman–Crippen LogP) is 2.38. The number of para-hydroxylation sites is 2. The molecular formula is C21H25N5O2. The van der Waals surface area contributed by atoms with Gasteiger partial charge < -0.3 is 15.0 Å². The second-order valence-corrected chi connectivity index (χ2v) is 7.50. The van der Waals surface area contributed by atoms with Crippen molar-refractivity contribution < 1.29 is 9.53 Å². The normalized spacial score (nSPS) is 18.8. The van der Waals surface area contributed by atoms with Gasteiger partial charge in [0.2, 0.25) is 0 Å². The Morgan fingerprint density at radius 2 is 1.89 bits per heavy atom. The van der Waals surface area contributed by atoms with Gasteiger partial charge in [0.25, 0.3) is 0 Å². The molecule has 0 radical (unpaired) electrons. The van der Waals surface area contributed by atoms with Gasteiger partial charge in [-0.15, -0.1) is 0 Å². The highest BCUT2D eigenvalue weighted by atomic mass is 16.5. The van der Waals surface area contributed by atoms with Crippen molar-refractivity contribution in [1.82, 2.24) is 15.3 Å². The number of hydrogen-bond donors (Lipinski definition) is 1. The molecule has 0 spiro atoms. The van der Waals surface area contributed by atoms with Crippen LogP contribution in [-0.4, -0.2) is 48.7 Å². The van der Waals surface area contributed by atoms with Crippen LogP contribution in [0.1, 0.15) is 37.3 Å². The summed E-state index contributed by atoms with van der Waals surface area (Å²) in [6.45, 7) is 3.57. The van der Waals surface area contributed by atoms with E-state index in [1.165, 1.54) is 12.8 Å². The molecule has 4 rings (SSSR count). The van der Waals surface area contributed by atoms with Crippen molar-refractivity contribution in [2.45, 2.75) is 31.6 Å². The monoisotopic (exact) mass is 379 g/mol. The molecule has 0 amide bonds. The Bertz CT molecular complexity index is 882. The van der Waals surface area contributed by atoms with E-state index in [2.05, 4.69) is 21.3 Å². The molecular weight excluding hydrogens is 354 g/mol. The van der Waals surface area contributed by atoms with E-state index in [9.17, 15) is 10.1 Å². The molecule has 2 fully saturated rings. The number of piperazine rings is 1. The van der Waals surface area contributed by atoms with Crippen molar-refractivity contribution in [3.8, 4) is 6.07 Å². The molecule has 1 aliphatic carbocycles. The van der Waals surface area contributed by atoms with E-state index in [-0.39, 0.29) is 0 Å². The number of nitriles is 1. The highest BCUT2D eigenvalue weighted by Gasteiger charge is 2.31. The minimum absolute atomic E-state index is 0.390. The van der Waals surface area contributed by atoms with Gasteiger partial charge in [-0.1, -0.05) is 25.0 Å². The summed E-state index contributed by atoms with van der Waals surface area (Å²) in [4.78, 5) is 24.3. The summed E-state index contributed by atoms with van der Waals surface area (Å²) in [5.41, 5.74) is 1.84. The topological polar surface area (TPSA) is 91.1 Å². The van der Waals surface area contributed by atoms with E-state index in [4.69, 9.17) is 9.72 Å². The van der Waals surface area contributed by atoms with E-state index in [0.29, 0.717) is 29.6 Å². The van der Waals surface area contributed by atoms with Crippen molar-refractivity contribution in [3.05, 3.63) is 30.0 Å². The fourth-order valence-corrected chi connectivity index (χ4v) is 3.99. The number of ether oxygens (including phenoxy) is 1. The van der Waals surface area contributed by atoms with Crippen LogP contribution < -0.4 is 10.2 Å². The molecule has 146 valence electrons. The van der Waals surface area contributed by atoms with Gasteiger partial charge in [-0.2, -0.15) is 5.26 Å². The van der Waals surface area contributed by atoms with E-state index >= 15 is 0 Å². The summed E-state index contributed by atoms with van der Waals surface area (Å²) >= 11 is 0. The first-order valence-corrected chi connectivity index (χ1v) is 10.0. The highest BCUT2D eigenvalue weighted by Crippen LogP contribution is 2.29. The predicted molar refractivity (Wildman–Crippen MR) is 106 cm³/mol. The number of aromatic nitrogens is 2. The number of esters is 1. The fourth-order valence-electron chi connectivity index (χ4n) is 3.99. The largest absolute Gasteiger partial charge is 0.464 e. The number of nitrogens with one attached hydrogen (secondary N) is 1. The Kier molecular flexibility index (Phi) is 5.68. The van der Waals surface area contributed by atoms with Gasteiger partial charge in [0, 0.05) is 26.2 Å². The number of nitrogens with zero attached hydrogens (tertiary/aromatic N) is 4. The van der Waals surface area contributed by atoms with Gasteiger partial charge in [-0.05, 0) is 30.9 Å². The third kappa shape index (κ3) is 3.92. The summed E-state index contributed by atoms with van der Waals surface area (Å²) in [5.74, 6) is -0.554. The minimum atomic E-state index is -1.07. The molecule has 1 aromatic carbocycles. The lowest BCUT2D eigenvalue weighted by molar-refractivity contribution is -0.145. The van der Waals surface area contributed by atoms with Crippen LogP contribution in [-0.2, 0) is 9.53 Å². The van der Waals surface area contributed by atoms with Gasteiger partial charge >= 0.3 is 5.97 Å². The Hall–Kier alpha value is -2.72. The smallest absolute Gasteiger partial charge is 0.329 e. The second kappa shape index (κ2) is 8.53. The molecule has 2 aliphatic rings. The second-order valence-electron chi connectivity index (χ2n) is 7.50. The van der Waals surface area contributed by atoms with Crippen LogP contribution in [0.3, 0.4) is 0 Å². The first-order valence-electron chi connectivity index (χ1n) is 10.0. The van der Waals surface area contributed by atoms with E-state index in [1.807, 2.05) is 24.3 Å². The highest BCUT2D eigenvalue weighted by molar-refractivity contribution is 5.85. The average Bonchev–Trinajstić information content (AvgIpc) is 3.26. The maximum Gasteiger partial charge on any atom is 0.329 e. The maximum atomic E-state index is 12.8. The van der Waals surface area contributed by atoms with Gasteiger partial charge in [-0.3, -0.25) is 4.79 Å². The lowest BCUT2D eigenvalue weighted by atomic mass is 10.1. The molecule has 28 heavy (non-hydrogen) atoms. The maximum absolute atomic E-state index is 12.8. The molecule has 7 nitrogen and oxygen atoms in total. The minimum Gasteiger partial charge on any atom is -0.464 e. The lowest BCUT2D eigenvalue weighted by Gasteiger charge is -2.30. The third-order valence-electron chi connectivity index (χ3n) is 5.57. The fraction of sp³-hybridized carbons (Fsp3) is 0.524. The molecule has 7 heteroatoms. The summed E-state index contributed by atoms with van der Waals surface area (Å²) in [6, 6.07) is 9.66. The number of rotatable bonds is 5. The summed E-state index contributed by atoms with van der Waals surface area (Å²) in [7, 11) is 0. The SMILES string of the molecule is N#CC(C(=O)OCC1CCCC1)c1nc2ccccc2nc1N1CCNCC1. The van der Waals surface area contributed by atoms with Crippen LogP contribution in [0.4, 0.5) is 5.82 Å². The zero-order valence-corrected chi connectivity index (χ0v) is 15.9. The van der Waals surface area contributed by atoms with Crippen molar-refractivity contribution >= 4 is 22.8 Å². The molecule has 1 aliphatic heterocycles. The summed E-state index contributed by atoms with van der Waals surface area (Å²) in [6.07, 6.45) is 4.55. The number of anilines is 1. The molecule has 1 aromatic heterocycles. The first kappa shape index (κ1) is 18.6. The van der Waals surface area contributed by atoms with Gasteiger partial charge in [0.15, 0.2) is 11.7 Å². The van der Waals surface area contributed by atoms with Crippen molar-refractivity contribution in [3.63, 3.8) is 0 Å². The molecule has 2 aromatic rings. The van der Waals surface area contributed by atoms with Crippen molar-refractivity contribution in [2.75, 3.05) is 37.7 Å². The van der Waals surface area contributed by atoms with Gasteiger partial charge in [-0.25, -0.2) is 9.97 Å². The van der Waals surface area contributed by atoms with Gasteiger partial charge in [0.1, 0.15) is 5.69 Å². The van der Waals surface area contributed by atoms with E-state index < -0.39 is 11.9 Å². The third-order valence-corrected chi connectivity index (χ3v) is 5.57. The zero-order chi connectivity index (χ0) is 19.3. The standard InChI is InChI=1S/C21H25N5O2/c22-13-16(21(27)28-14-15-5-1-2-6-15)19-20(26-11-9-23-10-12-26)25-18-8-4-3-7-17(18)24-19/h3-4,7-8,15-16,23H,1-2,5-6,9-12,14H2. The number of benzene rings is 1. The molecule has 1 N–H and O–H groups in total. The molecule has 1 unspecified atom stereocenters. The molecule has 1 atom stereocenters. The number of carbonyl (C=O) groups excluding carboxylic acids is 1. The number of carbonyl (C=O) groups is 1. The van der Waals surface area contributed by atoms with E-state index in [0.717, 1.165) is 44.5 Å². The van der Waals surface area contributed by atoms with Crippen molar-refractivity contribution in [1.29, 1.82) is 5.26 Å². The van der Waals surface area contributed by atoms with Crippen LogP contribution in [0.15, 0.2) is 24.3 Å². The first-order chi connectivity index (χ1) is 13.8. The quantitative estimate of drug-likeness (QED) is 0.798. The Morgan fingerprint density at radius 1 is 1.21 bits per heavy atom.